The largest absolute Gasteiger partial charge is 0.348 e. The van der Waals surface area contributed by atoms with Crippen molar-refractivity contribution >= 4 is 21.6 Å². The predicted octanol–water partition coefficient (Wildman–Crippen LogP) is 2.33. The molecule has 0 radical (unpaired) electrons. The van der Waals surface area contributed by atoms with E-state index in [-0.39, 0.29) is 18.5 Å². The Hall–Kier alpha value is -2.34. The number of anilines is 1. The summed E-state index contributed by atoms with van der Waals surface area (Å²) in [5, 5.41) is 2.82. The number of rotatable bonds is 6. The number of para-hydroxylation sites is 1. The Kier molecular flexibility index (Phi) is 5.39. The van der Waals surface area contributed by atoms with Gasteiger partial charge < -0.3 is 5.32 Å². The predicted molar refractivity (Wildman–Crippen MR) is 91.6 cm³/mol. The zero-order valence-corrected chi connectivity index (χ0v) is 14.0. The molecule has 0 aromatic heterocycles. The highest BCUT2D eigenvalue weighted by atomic mass is 32.2. The molecule has 0 aliphatic heterocycles. The van der Waals surface area contributed by atoms with Gasteiger partial charge in [-0.2, -0.15) is 0 Å². The van der Waals surface area contributed by atoms with Gasteiger partial charge in [0, 0.05) is 0 Å². The van der Waals surface area contributed by atoms with Crippen molar-refractivity contribution in [2.24, 2.45) is 0 Å². The van der Waals surface area contributed by atoms with E-state index >= 15 is 0 Å². The Balaban J connectivity index is 2.10. The first-order valence-electron chi connectivity index (χ1n) is 7.25. The number of hydrogen-bond acceptors (Lipinski definition) is 3. The molecule has 0 saturated carbocycles. The van der Waals surface area contributed by atoms with Gasteiger partial charge >= 0.3 is 0 Å². The van der Waals surface area contributed by atoms with Crippen molar-refractivity contribution in [1.29, 1.82) is 0 Å². The normalized spacial score (nSPS) is 12.4. The van der Waals surface area contributed by atoms with Gasteiger partial charge in [0.2, 0.25) is 15.9 Å². The maximum Gasteiger partial charge on any atom is 0.241 e. The van der Waals surface area contributed by atoms with Crippen molar-refractivity contribution in [2.75, 3.05) is 17.1 Å². The molecule has 1 amide bonds. The van der Waals surface area contributed by atoms with E-state index in [1.54, 1.807) is 30.3 Å². The lowest BCUT2D eigenvalue weighted by molar-refractivity contribution is -0.120. The summed E-state index contributed by atoms with van der Waals surface area (Å²) in [7, 11) is -3.54. The zero-order chi connectivity index (χ0) is 16.9. The summed E-state index contributed by atoms with van der Waals surface area (Å²) in [5.74, 6) is -0.351. The minimum atomic E-state index is -3.54. The van der Waals surface area contributed by atoms with Gasteiger partial charge in [0.25, 0.3) is 0 Å². The first-order valence-corrected chi connectivity index (χ1v) is 9.10. The number of nitrogens with one attached hydrogen (secondary N) is 1. The molecule has 2 aromatic carbocycles. The number of sulfonamides is 1. The molecule has 0 aliphatic carbocycles. The average Bonchev–Trinajstić information content (AvgIpc) is 2.53. The maximum atomic E-state index is 12.2. The fourth-order valence-electron chi connectivity index (χ4n) is 2.24. The Morgan fingerprint density at radius 3 is 2.09 bits per heavy atom. The molecule has 2 aromatic rings. The molecule has 0 saturated heterocycles. The van der Waals surface area contributed by atoms with E-state index in [2.05, 4.69) is 5.32 Å². The SMILES string of the molecule is C[C@@H](NC(=O)CN(c1ccccc1)S(C)(=O)=O)c1ccccc1. The Labute approximate surface area is 137 Å². The summed E-state index contributed by atoms with van der Waals surface area (Å²) in [6.45, 7) is 1.61. The second-order valence-corrected chi connectivity index (χ2v) is 7.21. The van der Waals surface area contributed by atoms with Crippen LogP contribution >= 0.6 is 0 Å². The van der Waals surface area contributed by atoms with Crippen LogP contribution < -0.4 is 9.62 Å². The third kappa shape index (κ3) is 4.82. The van der Waals surface area contributed by atoms with Crippen molar-refractivity contribution in [2.45, 2.75) is 13.0 Å². The third-order valence-electron chi connectivity index (χ3n) is 3.41. The van der Waals surface area contributed by atoms with Crippen LogP contribution in [-0.4, -0.2) is 27.1 Å². The van der Waals surface area contributed by atoms with Crippen LogP contribution in [0.4, 0.5) is 5.69 Å². The zero-order valence-electron chi connectivity index (χ0n) is 13.1. The summed E-state index contributed by atoms with van der Waals surface area (Å²) in [5.41, 5.74) is 1.43. The van der Waals surface area contributed by atoms with Crippen molar-refractivity contribution in [3.63, 3.8) is 0 Å². The van der Waals surface area contributed by atoms with Crippen molar-refractivity contribution in [3.8, 4) is 0 Å². The molecule has 0 heterocycles. The minimum absolute atomic E-state index is 0.194. The van der Waals surface area contributed by atoms with Gasteiger partial charge in [-0.1, -0.05) is 48.5 Å². The molecule has 0 aliphatic rings. The molecule has 23 heavy (non-hydrogen) atoms. The first kappa shape index (κ1) is 17.0. The molecule has 0 spiro atoms. The number of nitrogens with zero attached hydrogens (tertiary/aromatic N) is 1. The van der Waals surface area contributed by atoms with Gasteiger partial charge in [-0.15, -0.1) is 0 Å². The van der Waals surface area contributed by atoms with E-state index in [9.17, 15) is 13.2 Å². The maximum absolute atomic E-state index is 12.2. The number of carbonyl (C=O) groups is 1. The second-order valence-electron chi connectivity index (χ2n) is 5.31. The second kappa shape index (κ2) is 7.28. The monoisotopic (exact) mass is 332 g/mol. The van der Waals surface area contributed by atoms with Crippen LogP contribution in [0.2, 0.25) is 0 Å². The number of hydrogen-bond donors (Lipinski definition) is 1. The topological polar surface area (TPSA) is 66.5 Å². The molecule has 5 nitrogen and oxygen atoms in total. The molecule has 1 atom stereocenters. The van der Waals surface area contributed by atoms with Gasteiger partial charge in [0.05, 0.1) is 18.0 Å². The fourth-order valence-corrected chi connectivity index (χ4v) is 3.09. The Bertz CT molecular complexity index is 746. The van der Waals surface area contributed by atoms with E-state index in [4.69, 9.17) is 0 Å². The number of amides is 1. The van der Waals surface area contributed by atoms with Gasteiger partial charge in [0.15, 0.2) is 0 Å². The van der Waals surface area contributed by atoms with E-state index in [1.165, 1.54) is 0 Å². The summed E-state index contributed by atoms with van der Waals surface area (Å²) < 4.78 is 25.0. The van der Waals surface area contributed by atoms with Crippen LogP contribution in [0, 0.1) is 0 Å². The standard InChI is InChI=1S/C17H20N2O3S/c1-14(15-9-5-3-6-10-15)18-17(20)13-19(23(2,21)22)16-11-7-4-8-12-16/h3-12,14H,13H2,1-2H3,(H,18,20)/t14-/m1/s1. The van der Waals surface area contributed by atoms with E-state index < -0.39 is 10.0 Å². The Morgan fingerprint density at radius 1 is 1.04 bits per heavy atom. The van der Waals surface area contributed by atoms with Crippen LogP contribution in [0.1, 0.15) is 18.5 Å². The van der Waals surface area contributed by atoms with Gasteiger partial charge in [0.1, 0.15) is 6.54 Å². The van der Waals surface area contributed by atoms with Crippen LogP contribution in [-0.2, 0) is 14.8 Å². The van der Waals surface area contributed by atoms with Crippen molar-refractivity contribution in [3.05, 3.63) is 66.2 Å². The first-order chi connectivity index (χ1) is 10.9. The molecule has 2 rings (SSSR count). The molecule has 0 unspecified atom stereocenters. The van der Waals surface area contributed by atoms with Gasteiger partial charge in [-0.25, -0.2) is 8.42 Å². The highest BCUT2D eigenvalue weighted by molar-refractivity contribution is 7.92. The molecular weight excluding hydrogens is 312 g/mol. The molecule has 0 bridgehead atoms. The highest BCUT2D eigenvalue weighted by Gasteiger charge is 2.21. The van der Waals surface area contributed by atoms with Crippen molar-refractivity contribution < 1.29 is 13.2 Å². The number of carbonyl (C=O) groups excluding carboxylic acids is 1. The lowest BCUT2D eigenvalue weighted by Gasteiger charge is -2.23. The molecule has 122 valence electrons. The summed E-state index contributed by atoms with van der Waals surface area (Å²) >= 11 is 0. The van der Waals surface area contributed by atoms with E-state index in [0.29, 0.717) is 5.69 Å². The molecule has 0 fully saturated rings. The summed E-state index contributed by atoms with van der Waals surface area (Å²) in [6, 6.07) is 17.9. The van der Waals surface area contributed by atoms with Crippen molar-refractivity contribution in [1.82, 2.24) is 5.32 Å². The van der Waals surface area contributed by atoms with Crippen LogP contribution in [0.15, 0.2) is 60.7 Å². The molecular formula is C17H20N2O3S. The van der Waals surface area contributed by atoms with E-state index in [0.717, 1.165) is 16.1 Å². The highest BCUT2D eigenvalue weighted by Crippen LogP contribution is 2.17. The third-order valence-corrected chi connectivity index (χ3v) is 4.55. The van der Waals surface area contributed by atoms with Crippen LogP contribution in [0.3, 0.4) is 0 Å². The van der Waals surface area contributed by atoms with Gasteiger partial charge in [-0.05, 0) is 24.6 Å². The van der Waals surface area contributed by atoms with Crippen LogP contribution in [0.25, 0.3) is 0 Å². The van der Waals surface area contributed by atoms with Gasteiger partial charge in [-0.3, -0.25) is 9.10 Å². The lowest BCUT2D eigenvalue weighted by Crippen LogP contribution is -2.41. The Morgan fingerprint density at radius 2 is 1.57 bits per heavy atom. The average molecular weight is 332 g/mol. The van der Waals surface area contributed by atoms with E-state index in [1.807, 2.05) is 37.3 Å². The molecule has 1 N–H and O–H groups in total. The summed E-state index contributed by atoms with van der Waals surface area (Å²) in [6.07, 6.45) is 1.09. The lowest BCUT2D eigenvalue weighted by atomic mass is 10.1. The van der Waals surface area contributed by atoms with Crippen LogP contribution in [0.5, 0.6) is 0 Å². The summed E-state index contributed by atoms with van der Waals surface area (Å²) in [4.78, 5) is 12.2. The number of benzene rings is 2. The smallest absolute Gasteiger partial charge is 0.241 e. The molecule has 6 heteroatoms. The fraction of sp³-hybridized carbons (Fsp3) is 0.235. The minimum Gasteiger partial charge on any atom is -0.348 e. The quantitative estimate of drug-likeness (QED) is 0.883.